The van der Waals surface area contributed by atoms with E-state index in [1.807, 2.05) is 13.0 Å². The molecule has 0 aliphatic carbocycles. The van der Waals surface area contributed by atoms with Crippen LogP contribution in [0.2, 0.25) is 0 Å². The van der Waals surface area contributed by atoms with Gasteiger partial charge in [0.15, 0.2) is 0 Å². The van der Waals surface area contributed by atoms with Crippen LogP contribution in [0.3, 0.4) is 0 Å². The van der Waals surface area contributed by atoms with Crippen molar-refractivity contribution in [3.05, 3.63) is 83.4 Å². The second-order valence-corrected chi connectivity index (χ2v) is 8.24. The molecule has 3 aromatic rings. The van der Waals surface area contributed by atoms with Crippen LogP contribution >= 0.6 is 0 Å². The number of carbonyl (C=O) groups is 4. The van der Waals surface area contributed by atoms with Crippen LogP contribution in [0, 0.1) is 6.92 Å². The van der Waals surface area contributed by atoms with E-state index in [1.165, 1.54) is 24.3 Å². The van der Waals surface area contributed by atoms with E-state index in [2.05, 4.69) is 0 Å². The number of carbonyl (C=O) groups excluding carboxylic acids is 4. The van der Waals surface area contributed by atoms with Gasteiger partial charge in [0.05, 0.1) is 0 Å². The largest absolute Gasteiger partial charge is 0.458 e. The zero-order chi connectivity index (χ0) is 27.5. The van der Waals surface area contributed by atoms with Gasteiger partial charge in [0.1, 0.15) is 0 Å². The molecular formula is C27H18F6O4. The van der Waals surface area contributed by atoms with Gasteiger partial charge in [-0.15, -0.1) is 0 Å². The van der Waals surface area contributed by atoms with Gasteiger partial charge in [-0.3, -0.25) is 19.2 Å². The number of Topliss-reactive ketones (excluding diaryl/α,β-unsaturated/α-hetero) is 4. The minimum atomic E-state index is -5.23. The Labute approximate surface area is 206 Å². The summed E-state index contributed by atoms with van der Waals surface area (Å²) in [7, 11) is 0. The summed E-state index contributed by atoms with van der Waals surface area (Å²) in [6.45, 7) is 1.83. The summed E-state index contributed by atoms with van der Waals surface area (Å²) in [5.41, 5.74) is 4.09. The molecule has 0 N–H and O–H groups in total. The molecule has 10 heteroatoms. The van der Waals surface area contributed by atoms with Crippen molar-refractivity contribution in [2.45, 2.75) is 32.1 Å². The molecule has 0 atom stereocenters. The minimum absolute atomic E-state index is 0.225. The van der Waals surface area contributed by atoms with Crippen LogP contribution in [-0.4, -0.2) is 35.5 Å². The van der Waals surface area contributed by atoms with Gasteiger partial charge in [-0.25, -0.2) is 0 Å². The molecule has 0 saturated carbocycles. The molecule has 4 nitrogen and oxygen atoms in total. The van der Waals surface area contributed by atoms with Gasteiger partial charge in [0.2, 0.25) is 11.6 Å². The molecule has 0 bridgehead atoms. The van der Waals surface area contributed by atoms with Crippen LogP contribution in [-0.2, 0) is 32.0 Å². The Bertz CT molecular complexity index is 1350. The second-order valence-electron chi connectivity index (χ2n) is 8.24. The lowest BCUT2D eigenvalue weighted by atomic mass is 9.90. The van der Waals surface area contributed by atoms with Gasteiger partial charge in [-0.2, -0.15) is 26.3 Å². The fraction of sp³-hybridized carbons (Fsp3) is 0.185. The standard InChI is InChI=1S/C27H18F6O4/c1-15-3-2-4-20(18-9-5-16(6-10-18)13-21(34)24(36)26(28,29)30)23(15)19-11-7-17(8-12-19)14-22(35)25(37)27(31,32)33/h2-12H,13-14H2,1H3. The number of alkyl halides is 6. The molecule has 0 aliphatic heterocycles. The highest BCUT2D eigenvalue weighted by Gasteiger charge is 2.43. The molecule has 192 valence electrons. The number of halogens is 6. The number of aryl methyl sites for hydroxylation is 1. The maximum Gasteiger partial charge on any atom is 0.458 e. The van der Waals surface area contributed by atoms with E-state index < -0.39 is 48.3 Å². The lowest BCUT2D eigenvalue weighted by Gasteiger charge is -2.14. The number of rotatable bonds is 8. The first kappa shape index (κ1) is 27.5. The third-order valence-corrected chi connectivity index (χ3v) is 5.53. The van der Waals surface area contributed by atoms with E-state index in [9.17, 15) is 45.5 Å². The Morgan fingerprint density at radius 3 is 1.41 bits per heavy atom. The van der Waals surface area contributed by atoms with Crippen LogP contribution in [0.15, 0.2) is 66.7 Å². The lowest BCUT2D eigenvalue weighted by Crippen LogP contribution is -2.31. The van der Waals surface area contributed by atoms with E-state index >= 15 is 0 Å². The van der Waals surface area contributed by atoms with Crippen LogP contribution in [0.1, 0.15) is 16.7 Å². The number of hydrogen-bond acceptors (Lipinski definition) is 4. The van der Waals surface area contributed by atoms with E-state index in [4.69, 9.17) is 0 Å². The van der Waals surface area contributed by atoms with Crippen LogP contribution < -0.4 is 0 Å². The van der Waals surface area contributed by atoms with Gasteiger partial charge >= 0.3 is 23.9 Å². The molecular weight excluding hydrogens is 502 g/mol. The van der Waals surface area contributed by atoms with Gasteiger partial charge in [-0.05, 0) is 45.9 Å². The van der Waals surface area contributed by atoms with Crippen molar-refractivity contribution in [1.29, 1.82) is 0 Å². The van der Waals surface area contributed by atoms with Crippen molar-refractivity contribution in [1.82, 2.24) is 0 Å². The van der Waals surface area contributed by atoms with Crippen molar-refractivity contribution in [2.24, 2.45) is 0 Å². The first-order chi connectivity index (χ1) is 17.2. The van der Waals surface area contributed by atoms with Crippen LogP contribution in [0.5, 0.6) is 0 Å². The molecule has 0 fully saturated rings. The molecule has 0 aliphatic rings. The lowest BCUT2D eigenvalue weighted by molar-refractivity contribution is -0.174. The van der Waals surface area contributed by atoms with Crippen molar-refractivity contribution in [2.75, 3.05) is 0 Å². The Balaban J connectivity index is 1.85. The summed E-state index contributed by atoms with van der Waals surface area (Å²) in [5, 5.41) is 0. The summed E-state index contributed by atoms with van der Waals surface area (Å²) < 4.78 is 74.7. The predicted octanol–water partition coefficient (Wildman–Crippen LogP) is 5.82. The van der Waals surface area contributed by atoms with Gasteiger partial charge in [0, 0.05) is 12.8 Å². The zero-order valence-electron chi connectivity index (χ0n) is 19.2. The van der Waals surface area contributed by atoms with Crippen molar-refractivity contribution >= 4 is 23.1 Å². The van der Waals surface area contributed by atoms with Gasteiger partial charge < -0.3 is 0 Å². The first-order valence-electron chi connectivity index (χ1n) is 10.8. The third kappa shape index (κ3) is 6.58. The minimum Gasteiger partial charge on any atom is -0.290 e. The average Bonchev–Trinajstić information content (AvgIpc) is 2.83. The maximum atomic E-state index is 12.5. The monoisotopic (exact) mass is 520 g/mol. The van der Waals surface area contributed by atoms with E-state index in [0.717, 1.165) is 16.7 Å². The van der Waals surface area contributed by atoms with E-state index in [-0.39, 0.29) is 11.1 Å². The summed E-state index contributed by atoms with van der Waals surface area (Å²) in [4.78, 5) is 45.4. The summed E-state index contributed by atoms with van der Waals surface area (Å²) in [5.74, 6) is -7.95. The Morgan fingerprint density at radius 2 is 1.00 bits per heavy atom. The fourth-order valence-corrected chi connectivity index (χ4v) is 3.73. The smallest absolute Gasteiger partial charge is 0.290 e. The SMILES string of the molecule is Cc1cccc(-c2ccc(CC(=O)C(=O)C(F)(F)F)cc2)c1-c1ccc(CC(=O)C(=O)C(F)(F)F)cc1. The average molecular weight is 520 g/mol. The normalized spacial score (nSPS) is 11.8. The molecule has 0 unspecified atom stereocenters. The molecule has 0 saturated heterocycles. The zero-order valence-corrected chi connectivity index (χ0v) is 19.2. The van der Waals surface area contributed by atoms with Crippen molar-refractivity contribution in [3.63, 3.8) is 0 Å². The highest BCUT2D eigenvalue weighted by molar-refractivity contribution is 6.40. The third-order valence-electron chi connectivity index (χ3n) is 5.53. The molecule has 0 amide bonds. The van der Waals surface area contributed by atoms with E-state index in [0.29, 0.717) is 11.1 Å². The maximum absolute atomic E-state index is 12.5. The van der Waals surface area contributed by atoms with Gasteiger partial charge in [0.25, 0.3) is 0 Å². The topological polar surface area (TPSA) is 68.3 Å². The van der Waals surface area contributed by atoms with Crippen LogP contribution in [0.4, 0.5) is 26.3 Å². The molecule has 0 spiro atoms. The molecule has 37 heavy (non-hydrogen) atoms. The quantitative estimate of drug-likeness (QED) is 0.278. The van der Waals surface area contributed by atoms with Gasteiger partial charge in [-0.1, -0.05) is 66.7 Å². The Hall–Kier alpha value is -4.08. The summed E-state index contributed by atoms with van der Waals surface area (Å²) in [6, 6.07) is 17.5. The van der Waals surface area contributed by atoms with E-state index in [1.54, 1.807) is 36.4 Å². The Morgan fingerprint density at radius 1 is 0.595 bits per heavy atom. The first-order valence-corrected chi connectivity index (χ1v) is 10.8. The highest BCUT2D eigenvalue weighted by atomic mass is 19.4. The second kappa shape index (κ2) is 10.5. The summed E-state index contributed by atoms with van der Waals surface area (Å²) >= 11 is 0. The van der Waals surface area contributed by atoms with Crippen molar-refractivity contribution in [3.8, 4) is 22.3 Å². The highest BCUT2D eigenvalue weighted by Crippen LogP contribution is 2.35. The Kier molecular flexibility index (Phi) is 7.80. The molecule has 0 radical (unpaired) electrons. The fourth-order valence-electron chi connectivity index (χ4n) is 3.73. The molecule has 0 aromatic heterocycles. The number of hydrogen-bond donors (Lipinski definition) is 0. The number of ketones is 4. The van der Waals surface area contributed by atoms with Crippen molar-refractivity contribution < 1.29 is 45.5 Å². The number of benzene rings is 3. The molecule has 3 rings (SSSR count). The predicted molar refractivity (Wildman–Crippen MR) is 122 cm³/mol. The van der Waals surface area contributed by atoms with Crippen LogP contribution in [0.25, 0.3) is 22.3 Å². The summed E-state index contributed by atoms with van der Waals surface area (Å²) in [6.07, 6.45) is -11.9. The molecule has 3 aromatic carbocycles. The molecule has 0 heterocycles.